The van der Waals surface area contributed by atoms with Gasteiger partial charge in [0.25, 0.3) is 0 Å². The molecule has 57 heavy (non-hydrogen) atoms. The third-order valence-electron chi connectivity index (χ3n) is 9.87. The third-order valence-corrected chi connectivity index (χ3v) is 9.87. The Kier molecular flexibility index (Phi) is 8.36. The van der Waals surface area contributed by atoms with Crippen LogP contribution in [0.2, 0.25) is 0 Å². The van der Waals surface area contributed by atoms with Crippen LogP contribution in [0.5, 0.6) is 0 Å². The summed E-state index contributed by atoms with van der Waals surface area (Å²) < 4.78 is 6.71. The molecule has 266 valence electrons. The lowest BCUT2D eigenvalue weighted by Crippen LogP contribution is -2.00. The minimum absolute atomic E-state index is 0.486. The summed E-state index contributed by atoms with van der Waals surface area (Å²) in [6, 6.07) is 59.6. The number of furan rings is 1. The number of hydrogen-bond donors (Lipinski definition) is 0. The van der Waals surface area contributed by atoms with E-state index in [0.29, 0.717) is 51.7 Å². The van der Waals surface area contributed by atoms with Gasteiger partial charge in [-0.25, -0.2) is 29.9 Å². The summed E-state index contributed by atoms with van der Waals surface area (Å²) in [5.74, 6) is 3.28. The number of benzene rings is 7. The Morgan fingerprint density at radius 2 is 0.789 bits per heavy atom. The molecule has 0 aliphatic rings. The number of fused-ring (bicyclic) bond motifs is 3. The molecule has 3 aromatic heterocycles. The number of nitriles is 1. The molecule has 10 aromatic rings. The highest BCUT2D eigenvalue weighted by Crippen LogP contribution is 2.38. The van der Waals surface area contributed by atoms with Crippen molar-refractivity contribution >= 4 is 21.9 Å². The summed E-state index contributed by atoms with van der Waals surface area (Å²) in [5, 5.41) is 11.6. The van der Waals surface area contributed by atoms with Crippen LogP contribution < -0.4 is 0 Å². The zero-order chi connectivity index (χ0) is 38.1. The Balaban J connectivity index is 1.09. The molecule has 0 bridgehead atoms. The summed E-state index contributed by atoms with van der Waals surface area (Å²) >= 11 is 0. The monoisotopic (exact) mass is 731 g/mol. The van der Waals surface area contributed by atoms with Gasteiger partial charge in [-0.2, -0.15) is 5.26 Å². The van der Waals surface area contributed by atoms with Crippen molar-refractivity contribution in [2.75, 3.05) is 0 Å². The molecule has 0 saturated heterocycles. The maximum absolute atomic E-state index is 9.68. The first kappa shape index (κ1) is 33.4. The smallest absolute Gasteiger partial charge is 0.167 e. The number of nitrogens with zero attached hydrogens (tertiary/aromatic N) is 7. The molecule has 0 spiro atoms. The van der Waals surface area contributed by atoms with Crippen LogP contribution in [0, 0.1) is 11.3 Å². The number of hydrogen-bond acceptors (Lipinski definition) is 8. The van der Waals surface area contributed by atoms with Gasteiger partial charge in [0.05, 0.1) is 17.2 Å². The summed E-state index contributed by atoms with van der Waals surface area (Å²) in [7, 11) is 0. The SMILES string of the molecule is N#Cc1ccccc1-c1ccc(-c2nc(-c3ccccc3)nc(-c3cccc4c3oc3cc(-c5nc(-c6ccccc6)nc(-c6ccccc6)n5)ccc34)n2)cc1. The molecular weight excluding hydrogens is 703 g/mol. The van der Waals surface area contributed by atoms with Gasteiger partial charge in [0, 0.05) is 38.6 Å². The van der Waals surface area contributed by atoms with Crippen LogP contribution in [-0.4, -0.2) is 29.9 Å². The van der Waals surface area contributed by atoms with Crippen LogP contribution in [0.3, 0.4) is 0 Å². The third kappa shape index (κ3) is 6.35. The van der Waals surface area contributed by atoms with Crippen LogP contribution in [0.25, 0.3) is 101 Å². The van der Waals surface area contributed by atoms with Gasteiger partial charge in [-0.15, -0.1) is 0 Å². The highest BCUT2D eigenvalue weighted by Gasteiger charge is 2.19. The molecule has 0 fully saturated rings. The maximum atomic E-state index is 9.68. The van der Waals surface area contributed by atoms with Crippen molar-refractivity contribution in [3.63, 3.8) is 0 Å². The Bertz CT molecular complexity index is 3060. The van der Waals surface area contributed by atoms with Crippen molar-refractivity contribution in [1.29, 1.82) is 5.26 Å². The molecule has 0 radical (unpaired) electrons. The molecule has 0 unspecified atom stereocenters. The summed E-state index contributed by atoms with van der Waals surface area (Å²) in [6.45, 7) is 0. The topological polar surface area (TPSA) is 114 Å². The highest BCUT2D eigenvalue weighted by atomic mass is 16.3. The van der Waals surface area contributed by atoms with E-state index in [4.69, 9.17) is 34.3 Å². The van der Waals surface area contributed by atoms with Crippen LogP contribution in [0.15, 0.2) is 180 Å². The van der Waals surface area contributed by atoms with E-state index in [1.165, 1.54) is 0 Å². The van der Waals surface area contributed by atoms with E-state index in [1.54, 1.807) is 0 Å². The van der Waals surface area contributed by atoms with Gasteiger partial charge in [-0.3, -0.25) is 0 Å². The van der Waals surface area contributed by atoms with Crippen LogP contribution in [0.1, 0.15) is 5.56 Å². The molecule has 10 rings (SSSR count). The Morgan fingerprint density at radius 3 is 1.35 bits per heavy atom. The molecule has 0 N–H and O–H groups in total. The van der Waals surface area contributed by atoms with E-state index in [2.05, 4.69) is 12.1 Å². The molecule has 3 heterocycles. The quantitative estimate of drug-likeness (QED) is 0.159. The van der Waals surface area contributed by atoms with Crippen LogP contribution in [-0.2, 0) is 0 Å². The molecule has 7 aromatic carbocycles. The van der Waals surface area contributed by atoms with Crippen LogP contribution in [0.4, 0.5) is 0 Å². The Morgan fingerprint density at radius 1 is 0.351 bits per heavy atom. The lowest BCUT2D eigenvalue weighted by molar-refractivity contribution is 0.669. The normalized spacial score (nSPS) is 11.1. The van der Waals surface area contributed by atoms with Crippen molar-refractivity contribution in [2.24, 2.45) is 0 Å². The molecule has 0 amide bonds. The molecule has 8 heteroatoms. The zero-order valence-electron chi connectivity index (χ0n) is 30.3. The fraction of sp³-hybridized carbons (Fsp3) is 0. The van der Waals surface area contributed by atoms with Gasteiger partial charge in [0.15, 0.2) is 34.9 Å². The second-order valence-corrected chi connectivity index (χ2v) is 13.4. The molecule has 0 aliphatic heterocycles. The Labute approximate surface area is 327 Å². The number of aromatic nitrogens is 6. The predicted molar refractivity (Wildman–Crippen MR) is 223 cm³/mol. The fourth-order valence-corrected chi connectivity index (χ4v) is 7.02. The van der Waals surface area contributed by atoms with Gasteiger partial charge >= 0.3 is 0 Å². The molecule has 0 saturated carbocycles. The lowest BCUT2D eigenvalue weighted by Gasteiger charge is -2.10. The molecular formula is C49H29N7O. The van der Waals surface area contributed by atoms with Crippen molar-refractivity contribution < 1.29 is 4.42 Å². The first-order valence-corrected chi connectivity index (χ1v) is 18.4. The average molecular weight is 732 g/mol. The van der Waals surface area contributed by atoms with Crippen molar-refractivity contribution in [3.8, 4) is 85.5 Å². The number of rotatable bonds is 7. The van der Waals surface area contributed by atoms with Gasteiger partial charge in [-0.05, 0) is 35.4 Å². The molecule has 8 nitrogen and oxygen atoms in total. The van der Waals surface area contributed by atoms with Gasteiger partial charge < -0.3 is 4.42 Å². The summed E-state index contributed by atoms with van der Waals surface area (Å²) in [6.07, 6.45) is 0. The van der Waals surface area contributed by atoms with Crippen molar-refractivity contribution in [2.45, 2.75) is 0 Å². The van der Waals surface area contributed by atoms with Gasteiger partial charge in [0.2, 0.25) is 0 Å². The van der Waals surface area contributed by atoms with E-state index in [0.717, 1.165) is 55.3 Å². The van der Waals surface area contributed by atoms with Crippen LogP contribution >= 0.6 is 0 Å². The summed E-state index contributed by atoms with van der Waals surface area (Å²) in [5.41, 5.74) is 8.80. The summed E-state index contributed by atoms with van der Waals surface area (Å²) in [4.78, 5) is 29.7. The van der Waals surface area contributed by atoms with E-state index >= 15 is 0 Å². The largest absolute Gasteiger partial charge is 0.455 e. The van der Waals surface area contributed by atoms with E-state index < -0.39 is 0 Å². The van der Waals surface area contributed by atoms with E-state index in [-0.39, 0.29) is 0 Å². The molecule has 0 atom stereocenters. The van der Waals surface area contributed by atoms with Crippen molar-refractivity contribution in [1.82, 2.24) is 29.9 Å². The van der Waals surface area contributed by atoms with Gasteiger partial charge in [0.1, 0.15) is 11.2 Å². The minimum Gasteiger partial charge on any atom is -0.455 e. The molecule has 0 aliphatic carbocycles. The standard InChI is InChI=1S/C49H29N7O/c50-30-37-19-10-11-20-38(37)31-23-25-35(26-24-31)47-52-46(34-17-8-3-9-18-34)55-49(56-47)41-22-12-21-40-39-28-27-36(29-42(39)57-43(40)41)48-53-44(32-13-4-1-5-14-32)51-45(54-48)33-15-6-2-7-16-33/h1-29H. The van der Waals surface area contributed by atoms with E-state index in [1.807, 2.05) is 170 Å². The van der Waals surface area contributed by atoms with Gasteiger partial charge in [-0.1, -0.05) is 152 Å². The highest BCUT2D eigenvalue weighted by molar-refractivity contribution is 6.09. The Hall–Kier alpha value is -8.15. The number of para-hydroxylation sites is 1. The average Bonchev–Trinajstić information content (AvgIpc) is 3.68. The second-order valence-electron chi connectivity index (χ2n) is 13.4. The minimum atomic E-state index is 0.486. The zero-order valence-corrected chi connectivity index (χ0v) is 30.3. The predicted octanol–water partition coefficient (Wildman–Crippen LogP) is 11.5. The lowest BCUT2D eigenvalue weighted by atomic mass is 9.99. The second kappa shape index (κ2) is 14.3. The maximum Gasteiger partial charge on any atom is 0.167 e. The first-order chi connectivity index (χ1) is 28.2. The first-order valence-electron chi connectivity index (χ1n) is 18.4. The fourth-order valence-electron chi connectivity index (χ4n) is 7.02. The van der Waals surface area contributed by atoms with Crippen molar-refractivity contribution in [3.05, 3.63) is 181 Å². The van der Waals surface area contributed by atoms with E-state index in [9.17, 15) is 5.26 Å².